The van der Waals surface area contributed by atoms with E-state index in [1.165, 1.54) is 0 Å². The third-order valence-electron chi connectivity index (χ3n) is 3.50. The molecule has 3 aromatic rings. The quantitative estimate of drug-likeness (QED) is 0.771. The van der Waals surface area contributed by atoms with Gasteiger partial charge in [-0.1, -0.05) is 54.1 Å². The van der Waals surface area contributed by atoms with E-state index in [9.17, 15) is 4.79 Å². The Labute approximate surface area is 144 Å². The molecule has 0 spiro atoms. The first-order chi connectivity index (χ1) is 11.6. The van der Waals surface area contributed by atoms with Crippen molar-refractivity contribution in [2.24, 2.45) is 0 Å². The van der Waals surface area contributed by atoms with Gasteiger partial charge in [-0.2, -0.15) is 0 Å². The number of rotatable bonds is 5. The number of nitrogens with one attached hydrogen (secondary N) is 1. The molecule has 2 aromatic carbocycles. The summed E-state index contributed by atoms with van der Waals surface area (Å²) in [6.45, 7) is 1.72. The van der Waals surface area contributed by atoms with Crippen molar-refractivity contribution < 1.29 is 9.21 Å². The van der Waals surface area contributed by atoms with Crippen LogP contribution in [0, 0.1) is 6.92 Å². The van der Waals surface area contributed by atoms with E-state index in [2.05, 4.69) is 15.5 Å². The minimum absolute atomic E-state index is 0.137. The smallest absolute Gasteiger partial charge is 0.243 e. The molecule has 0 aliphatic rings. The summed E-state index contributed by atoms with van der Waals surface area (Å²) in [7, 11) is 0. The minimum Gasteiger partial charge on any atom is -0.423 e. The van der Waals surface area contributed by atoms with E-state index in [4.69, 9.17) is 16.0 Å². The molecule has 1 unspecified atom stereocenters. The molecular formula is C18H16ClN3O2. The van der Waals surface area contributed by atoms with Crippen LogP contribution in [0.5, 0.6) is 0 Å². The average molecular weight is 342 g/mol. The van der Waals surface area contributed by atoms with Crippen LogP contribution in [-0.2, 0) is 11.2 Å². The van der Waals surface area contributed by atoms with Crippen LogP contribution >= 0.6 is 11.6 Å². The largest absolute Gasteiger partial charge is 0.423 e. The molecule has 1 atom stereocenters. The van der Waals surface area contributed by atoms with Crippen LogP contribution in [0.2, 0.25) is 5.02 Å². The summed E-state index contributed by atoms with van der Waals surface area (Å²) in [5, 5.41) is 11.5. The van der Waals surface area contributed by atoms with Crippen molar-refractivity contribution in [3.63, 3.8) is 0 Å². The van der Waals surface area contributed by atoms with Crippen LogP contribution in [0.3, 0.4) is 0 Å². The van der Waals surface area contributed by atoms with Crippen LogP contribution < -0.4 is 5.32 Å². The van der Waals surface area contributed by atoms with E-state index >= 15 is 0 Å². The number of hydrogen-bond donors (Lipinski definition) is 1. The summed E-state index contributed by atoms with van der Waals surface area (Å²) >= 11 is 5.87. The molecule has 3 rings (SSSR count). The van der Waals surface area contributed by atoms with Gasteiger partial charge in [-0.3, -0.25) is 4.79 Å². The molecule has 1 amide bonds. The molecule has 24 heavy (non-hydrogen) atoms. The second-order valence-electron chi connectivity index (χ2n) is 5.37. The Kier molecular flexibility index (Phi) is 4.91. The Bertz CT molecular complexity index is 816. The van der Waals surface area contributed by atoms with Crippen molar-refractivity contribution in [2.75, 3.05) is 0 Å². The van der Waals surface area contributed by atoms with Crippen molar-refractivity contribution in [3.8, 4) is 0 Å². The zero-order valence-electron chi connectivity index (χ0n) is 13.1. The Morgan fingerprint density at radius 2 is 1.83 bits per heavy atom. The summed E-state index contributed by atoms with van der Waals surface area (Å²) in [6.07, 6.45) is 0.244. The summed E-state index contributed by atoms with van der Waals surface area (Å²) in [6, 6.07) is 16.2. The van der Waals surface area contributed by atoms with E-state index in [0.717, 1.165) is 11.1 Å². The van der Waals surface area contributed by atoms with Crippen molar-refractivity contribution in [3.05, 3.63) is 82.5 Å². The normalized spacial score (nSPS) is 11.9. The molecule has 1 N–H and O–H groups in total. The molecule has 0 saturated carbocycles. The van der Waals surface area contributed by atoms with E-state index in [0.29, 0.717) is 16.8 Å². The number of halogens is 1. The summed E-state index contributed by atoms with van der Waals surface area (Å²) in [4.78, 5) is 12.4. The first-order valence-corrected chi connectivity index (χ1v) is 7.88. The van der Waals surface area contributed by atoms with Gasteiger partial charge in [0.2, 0.25) is 17.7 Å². The Morgan fingerprint density at radius 3 is 2.46 bits per heavy atom. The third kappa shape index (κ3) is 4.00. The number of carbonyl (C=O) groups excluding carboxylic acids is 1. The van der Waals surface area contributed by atoms with Gasteiger partial charge in [0.1, 0.15) is 6.04 Å². The Hall–Kier alpha value is -2.66. The SMILES string of the molecule is Cc1nnc(C(NC(=O)Cc2ccc(Cl)cc2)c2ccccc2)o1. The van der Waals surface area contributed by atoms with Gasteiger partial charge in [0, 0.05) is 11.9 Å². The van der Waals surface area contributed by atoms with Crippen LogP contribution in [0.25, 0.3) is 0 Å². The highest BCUT2D eigenvalue weighted by Gasteiger charge is 2.22. The lowest BCUT2D eigenvalue weighted by Crippen LogP contribution is -2.30. The molecule has 0 aliphatic heterocycles. The zero-order valence-corrected chi connectivity index (χ0v) is 13.8. The number of benzene rings is 2. The second kappa shape index (κ2) is 7.27. The van der Waals surface area contributed by atoms with Crippen LogP contribution in [0.1, 0.15) is 29.0 Å². The highest BCUT2D eigenvalue weighted by molar-refractivity contribution is 6.30. The maximum atomic E-state index is 12.4. The molecule has 0 saturated heterocycles. The second-order valence-corrected chi connectivity index (χ2v) is 5.81. The Morgan fingerprint density at radius 1 is 1.12 bits per heavy atom. The molecule has 6 heteroatoms. The van der Waals surface area contributed by atoms with E-state index in [-0.39, 0.29) is 12.3 Å². The average Bonchev–Trinajstić information content (AvgIpc) is 3.02. The molecule has 0 radical (unpaired) electrons. The monoisotopic (exact) mass is 341 g/mol. The van der Waals surface area contributed by atoms with Crippen molar-refractivity contribution >= 4 is 17.5 Å². The Balaban J connectivity index is 1.79. The number of aryl methyl sites for hydroxylation is 1. The zero-order chi connectivity index (χ0) is 16.9. The molecule has 0 aliphatic carbocycles. The van der Waals surface area contributed by atoms with E-state index in [1.807, 2.05) is 42.5 Å². The predicted molar refractivity (Wildman–Crippen MR) is 90.6 cm³/mol. The summed E-state index contributed by atoms with van der Waals surface area (Å²) < 4.78 is 5.51. The highest BCUT2D eigenvalue weighted by Crippen LogP contribution is 2.21. The molecule has 1 heterocycles. The minimum atomic E-state index is -0.479. The van der Waals surface area contributed by atoms with Gasteiger partial charge in [0.25, 0.3) is 0 Å². The molecular weight excluding hydrogens is 326 g/mol. The number of hydrogen-bond acceptors (Lipinski definition) is 4. The lowest BCUT2D eigenvalue weighted by Gasteiger charge is -2.15. The predicted octanol–water partition coefficient (Wildman–Crippen LogP) is 3.48. The lowest BCUT2D eigenvalue weighted by molar-refractivity contribution is -0.121. The van der Waals surface area contributed by atoms with Crippen LogP contribution in [0.4, 0.5) is 0 Å². The standard InChI is InChI=1S/C18H16ClN3O2/c1-12-21-22-18(24-12)17(14-5-3-2-4-6-14)20-16(23)11-13-7-9-15(19)10-8-13/h2-10,17H,11H2,1H3,(H,20,23). The fourth-order valence-electron chi connectivity index (χ4n) is 2.36. The van der Waals surface area contributed by atoms with Crippen molar-refractivity contribution in [2.45, 2.75) is 19.4 Å². The molecule has 1 aromatic heterocycles. The number of amides is 1. The van der Waals surface area contributed by atoms with Gasteiger partial charge in [0.05, 0.1) is 6.42 Å². The van der Waals surface area contributed by atoms with Crippen molar-refractivity contribution in [1.29, 1.82) is 0 Å². The van der Waals surface area contributed by atoms with Gasteiger partial charge in [-0.15, -0.1) is 10.2 Å². The number of aromatic nitrogens is 2. The van der Waals surface area contributed by atoms with E-state index < -0.39 is 6.04 Å². The van der Waals surface area contributed by atoms with Gasteiger partial charge in [-0.05, 0) is 23.3 Å². The van der Waals surface area contributed by atoms with Crippen molar-refractivity contribution in [1.82, 2.24) is 15.5 Å². The first kappa shape index (κ1) is 16.2. The summed E-state index contributed by atoms with van der Waals surface area (Å²) in [5.74, 6) is 0.683. The number of nitrogens with zero attached hydrogens (tertiary/aromatic N) is 2. The van der Waals surface area contributed by atoms with Crippen LogP contribution in [-0.4, -0.2) is 16.1 Å². The maximum absolute atomic E-state index is 12.4. The highest BCUT2D eigenvalue weighted by atomic mass is 35.5. The maximum Gasteiger partial charge on any atom is 0.243 e. The fourth-order valence-corrected chi connectivity index (χ4v) is 2.49. The van der Waals surface area contributed by atoms with Gasteiger partial charge in [-0.25, -0.2) is 0 Å². The fraction of sp³-hybridized carbons (Fsp3) is 0.167. The lowest BCUT2D eigenvalue weighted by atomic mass is 10.1. The molecule has 122 valence electrons. The van der Waals surface area contributed by atoms with Crippen LogP contribution in [0.15, 0.2) is 59.0 Å². The van der Waals surface area contributed by atoms with E-state index in [1.54, 1.807) is 19.1 Å². The molecule has 5 nitrogen and oxygen atoms in total. The van der Waals surface area contributed by atoms with Gasteiger partial charge in [0.15, 0.2) is 0 Å². The third-order valence-corrected chi connectivity index (χ3v) is 3.76. The van der Waals surface area contributed by atoms with Gasteiger partial charge < -0.3 is 9.73 Å². The van der Waals surface area contributed by atoms with Gasteiger partial charge >= 0.3 is 0 Å². The number of carbonyl (C=O) groups is 1. The first-order valence-electron chi connectivity index (χ1n) is 7.50. The topological polar surface area (TPSA) is 68.0 Å². The summed E-state index contributed by atoms with van der Waals surface area (Å²) in [5.41, 5.74) is 1.76. The molecule has 0 bridgehead atoms. The molecule has 0 fully saturated rings.